The summed E-state index contributed by atoms with van der Waals surface area (Å²) in [5.74, 6) is 0. The van der Waals surface area contributed by atoms with Crippen molar-refractivity contribution in [3.8, 4) is 0 Å². The molecule has 0 aliphatic heterocycles. The van der Waals surface area contributed by atoms with Gasteiger partial charge < -0.3 is 4.90 Å². The van der Waals surface area contributed by atoms with Crippen LogP contribution in [0, 0.1) is 0 Å². The van der Waals surface area contributed by atoms with Gasteiger partial charge >= 0.3 is 6.03 Å². The standard InChI is InChI=1S/C19H23N3OS/c1-22(16-12-11-13-7-5-6-8-14(13)16)19(23)21-18-20-15-9-3-2-4-10-17(15)24-18/h5-8,16H,2-4,9-12H2,1H3,(H,20,21,23). The number of fused-ring (bicyclic) bond motifs is 2. The van der Waals surface area contributed by atoms with Crippen LogP contribution in [0.5, 0.6) is 0 Å². The molecule has 1 N–H and O–H groups in total. The lowest BCUT2D eigenvalue weighted by Crippen LogP contribution is -2.34. The zero-order valence-electron chi connectivity index (χ0n) is 14.0. The van der Waals surface area contributed by atoms with E-state index in [9.17, 15) is 4.79 Å². The van der Waals surface area contributed by atoms with E-state index in [1.165, 1.54) is 41.0 Å². The third-order valence-corrected chi connectivity index (χ3v) is 6.27. The molecule has 0 saturated heterocycles. The molecule has 0 saturated carbocycles. The number of nitrogens with zero attached hydrogens (tertiary/aromatic N) is 2. The number of amides is 2. The molecule has 2 aliphatic rings. The molecule has 0 radical (unpaired) electrons. The minimum atomic E-state index is -0.0550. The Balaban J connectivity index is 1.47. The van der Waals surface area contributed by atoms with E-state index in [-0.39, 0.29) is 12.1 Å². The van der Waals surface area contributed by atoms with Gasteiger partial charge in [-0.15, -0.1) is 11.3 Å². The summed E-state index contributed by atoms with van der Waals surface area (Å²) in [5.41, 5.74) is 3.84. The van der Waals surface area contributed by atoms with Crippen LogP contribution in [-0.4, -0.2) is 23.0 Å². The fourth-order valence-corrected chi connectivity index (χ4v) is 4.88. The molecule has 2 aliphatic carbocycles. The number of nitrogens with one attached hydrogen (secondary N) is 1. The second-order valence-electron chi connectivity index (χ2n) is 6.74. The van der Waals surface area contributed by atoms with Gasteiger partial charge in [-0.05, 0) is 49.7 Å². The molecular weight excluding hydrogens is 318 g/mol. The van der Waals surface area contributed by atoms with Crippen LogP contribution in [0.1, 0.15) is 53.4 Å². The molecule has 1 heterocycles. The maximum atomic E-state index is 12.7. The topological polar surface area (TPSA) is 45.2 Å². The van der Waals surface area contributed by atoms with E-state index in [0.717, 1.165) is 30.8 Å². The highest BCUT2D eigenvalue weighted by atomic mass is 32.1. The summed E-state index contributed by atoms with van der Waals surface area (Å²) in [5, 5.41) is 3.78. The summed E-state index contributed by atoms with van der Waals surface area (Å²) < 4.78 is 0. The van der Waals surface area contributed by atoms with Crippen LogP contribution in [0.2, 0.25) is 0 Å². The molecule has 24 heavy (non-hydrogen) atoms. The molecule has 4 nitrogen and oxygen atoms in total. The highest BCUT2D eigenvalue weighted by Gasteiger charge is 2.28. The number of aryl methyl sites for hydroxylation is 3. The summed E-state index contributed by atoms with van der Waals surface area (Å²) in [7, 11) is 1.89. The van der Waals surface area contributed by atoms with Crippen molar-refractivity contribution in [2.45, 2.75) is 51.0 Å². The van der Waals surface area contributed by atoms with Gasteiger partial charge in [0.05, 0.1) is 11.7 Å². The second-order valence-corrected chi connectivity index (χ2v) is 7.83. The van der Waals surface area contributed by atoms with Crippen molar-refractivity contribution in [1.29, 1.82) is 0 Å². The molecule has 126 valence electrons. The molecule has 1 aromatic heterocycles. The lowest BCUT2D eigenvalue weighted by molar-refractivity contribution is 0.204. The molecule has 1 unspecified atom stereocenters. The van der Waals surface area contributed by atoms with Crippen molar-refractivity contribution in [1.82, 2.24) is 9.88 Å². The number of hydrogen-bond donors (Lipinski definition) is 1. The van der Waals surface area contributed by atoms with Crippen molar-refractivity contribution in [3.05, 3.63) is 46.0 Å². The highest BCUT2D eigenvalue weighted by Crippen LogP contribution is 2.35. The number of rotatable bonds is 2. The molecule has 5 heteroatoms. The zero-order chi connectivity index (χ0) is 16.5. The van der Waals surface area contributed by atoms with Gasteiger partial charge in [0, 0.05) is 11.9 Å². The molecule has 2 aromatic rings. The zero-order valence-corrected chi connectivity index (χ0v) is 14.9. The number of benzene rings is 1. The molecule has 2 amide bonds. The third-order valence-electron chi connectivity index (χ3n) is 5.20. The first-order valence-electron chi connectivity index (χ1n) is 8.82. The number of urea groups is 1. The number of anilines is 1. The van der Waals surface area contributed by atoms with E-state index in [4.69, 9.17) is 0 Å². The normalized spacial score (nSPS) is 19.3. The first-order chi connectivity index (χ1) is 11.7. The number of carbonyl (C=O) groups is 1. The molecule has 0 fully saturated rings. The first kappa shape index (κ1) is 15.6. The SMILES string of the molecule is CN(C(=O)Nc1nc2c(s1)CCCCC2)C1CCc2ccccc21. The highest BCUT2D eigenvalue weighted by molar-refractivity contribution is 7.15. The quantitative estimate of drug-likeness (QED) is 0.814. The molecule has 1 atom stereocenters. The third kappa shape index (κ3) is 2.93. The van der Waals surface area contributed by atoms with Crippen molar-refractivity contribution in [2.24, 2.45) is 0 Å². The minimum Gasteiger partial charge on any atom is -0.320 e. The number of aromatic nitrogens is 1. The van der Waals surface area contributed by atoms with Crippen LogP contribution < -0.4 is 5.32 Å². The molecule has 0 spiro atoms. The fraction of sp³-hybridized carbons (Fsp3) is 0.474. The summed E-state index contributed by atoms with van der Waals surface area (Å²) in [4.78, 5) is 20.5. The van der Waals surface area contributed by atoms with Gasteiger partial charge in [-0.2, -0.15) is 0 Å². The van der Waals surface area contributed by atoms with Gasteiger partial charge in [-0.1, -0.05) is 30.7 Å². The smallest absolute Gasteiger partial charge is 0.320 e. The van der Waals surface area contributed by atoms with E-state index in [1.54, 1.807) is 11.3 Å². The van der Waals surface area contributed by atoms with Crippen LogP contribution >= 0.6 is 11.3 Å². The monoisotopic (exact) mass is 341 g/mol. The van der Waals surface area contributed by atoms with Crippen LogP contribution in [0.4, 0.5) is 9.93 Å². The molecule has 0 bridgehead atoms. The molecular formula is C19H23N3OS. The lowest BCUT2D eigenvalue weighted by Gasteiger charge is -2.25. The van der Waals surface area contributed by atoms with Gasteiger partial charge in [-0.3, -0.25) is 5.32 Å². The molecule has 1 aromatic carbocycles. The van der Waals surface area contributed by atoms with Gasteiger partial charge in [0.15, 0.2) is 5.13 Å². The first-order valence-corrected chi connectivity index (χ1v) is 9.64. The Hall–Kier alpha value is -1.88. The van der Waals surface area contributed by atoms with Gasteiger partial charge in [0.1, 0.15) is 0 Å². The van der Waals surface area contributed by atoms with Gasteiger partial charge in [0.25, 0.3) is 0 Å². The molecule has 4 rings (SSSR count). The maximum absolute atomic E-state index is 12.7. The van der Waals surface area contributed by atoms with Crippen LogP contribution in [0.15, 0.2) is 24.3 Å². The van der Waals surface area contributed by atoms with E-state index < -0.39 is 0 Å². The van der Waals surface area contributed by atoms with Crippen molar-refractivity contribution in [3.63, 3.8) is 0 Å². The summed E-state index contributed by atoms with van der Waals surface area (Å²) >= 11 is 1.65. The Labute approximate surface area is 146 Å². The predicted octanol–water partition coefficient (Wildman–Crippen LogP) is 4.56. The van der Waals surface area contributed by atoms with E-state index in [1.807, 2.05) is 11.9 Å². The summed E-state index contributed by atoms with van der Waals surface area (Å²) in [6.45, 7) is 0. The van der Waals surface area contributed by atoms with Crippen LogP contribution in [0.25, 0.3) is 0 Å². The number of thiazole rings is 1. The Kier molecular flexibility index (Phi) is 4.27. The van der Waals surface area contributed by atoms with Crippen molar-refractivity contribution < 1.29 is 4.79 Å². The predicted molar refractivity (Wildman–Crippen MR) is 97.7 cm³/mol. The minimum absolute atomic E-state index is 0.0550. The lowest BCUT2D eigenvalue weighted by atomic mass is 10.1. The van der Waals surface area contributed by atoms with E-state index in [0.29, 0.717) is 0 Å². The van der Waals surface area contributed by atoms with Crippen molar-refractivity contribution in [2.75, 3.05) is 12.4 Å². The van der Waals surface area contributed by atoms with Gasteiger partial charge in [-0.25, -0.2) is 9.78 Å². The Morgan fingerprint density at radius 2 is 2.04 bits per heavy atom. The van der Waals surface area contributed by atoms with E-state index in [2.05, 4.69) is 34.6 Å². The second kappa shape index (κ2) is 6.55. The average Bonchev–Trinajstić information content (AvgIpc) is 3.12. The fourth-order valence-electron chi connectivity index (χ4n) is 3.84. The largest absolute Gasteiger partial charge is 0.323 e. The summed E-state index contributed by atoms with van der Waals surface area (Å²) in [6.07, 6.45) is 7.93. The Morgan fingerprint density at radius 3 is 2.96 bits per heavy atom. The number of hydrogen-bond acceptors (Lipinski definition) is 3. The maximum Gasteiger partial charge on any atom is 0.323 e. The van der Waals surface area contributed by atoms with Crippen LogP contribution in [-0.2, 0) is 19.3 Å². The van der Waals surface area contributed by atoms with E-state index >= 15 is 0 Å². The average molecular weight is 341 g/mol. The Morgan fingerprint density at radius 1 is 1.21 bits per heavy atom. The van der Waals surface area contributed by atoms with Crippen molar-refractivity contribution >= 4 is 22.5 Å². The van der Waals surface area contributed by atoms with Crippen LogP contribution in [0.3, 0.4) is 0 Å². The number of carbonyl (C=O) groups excluding carboxylic acids is 1. The summed E-state index contributed by atoms with van der Waals surface area (Å²) in [6, 6.07) is 8.55. The van der Waals surface area contributed by atoms with Gasteiger partial charge in [0.2, 0.25) is 0 Å². The Bertz CT molecular complexity index is 731.